The molecule has 3 atom stereocenters. The summed E-state index contributed by atoms with van der Waals surface area (Å²) in [6, 6.07) is 31.7. The van der Waals surface area contributed by atoms with Gasteiger partial charge in [0.25, 0.3) is 0 Å². The highest BCUT2D eigenvalue weighted by Crippen LogP contribution is 2.49. The highest BCUT2D eigenvalue weighted by Gasteiger charge is 2.37. The third kappa shape index (κ3) is 4.67. The number of anilines is 1. The molecular weight excluding hydrogens is 447 g/mol. The van der Waals surface area contributed by atoms with E-state index in [-0.39, 0.29) is 11.9 Å². The van der Waals surface area contributed by atoms with Gasteiger partial charge in [0.1, 0.15) is 18.2 Å². The second-order valence-electron chi connectivity index (χ2n) is 9.40. The maximum atomic E-state index is 13.3. The predicted octanol–water partition coefficient (Wildman–Crippen LogP) is 7.98. The number of rotatable bonds is 6. The molecule has 0 saturated carbocycles. The van der Waals surface area contributed by atoms with E-state index in [1.165, 1.54) is 28.9 Å². The molecule has 3 nitrogen and oxygen atoms in total. The Morgan fingerprint density at radius 2 is 1.75 bits per heavy atom. The first kappa shape index (κ1) is 22.3. The summed E-state index contributed by atoms with van der Waals surface area (Å²) in [6.07, 6.45) is 7.65. The minimum atomic E-state index is -0.254. The van der Waals surface area contributed by atoms with E-state index in [4.69, 9.17) is 4.74 Å². The van der Waals surface area contributed by atoms with Crippen LogP contribution in [0.3, 0.4) is 0 Å². The van der Waals surface area contributed by atoms with Gasteiger partial charge >= 0.3 is 0 Å². The first-order chi connectivity index (χ1) is 17.7. The molecule has 4 aromatic rings. The molecule has 0 saturated heterocycles. The molecule has 0 radical (unpaired) electrons. The molecule has 4 heteroatoms. The summed E-state index contributed by atoms with van der Waals surface area (Å²) in [5.74, 6) is 1.50. The number of ether oxygens (including phenoxy) is 1. The van der Waals surface area contributed by atoms with Gasteiger partial charge in [0.05, 0.1) is 11.7 Å². The van der Waals surface area contributed by atoms with E-state index in [1.807, 2.05) is 36.5 Å². The van der Waals surface area contributed by atoms with Crippen LogP contribution in [0.5, 0.6) is 5.75 Å². The van der Waals surface area contributed by atoms with Crippen molar-refractivity contribution < 1.29 is 9.13 Å². The molecule has 1 heterocycles. The second kappa shape index (κ2) is 9.82. The molecule has 6 rings (SSSR count). The summed E-state index contributed by atoms with van der Waals surface area (Å²) in [5.41, 5.74) is 6.64. The van der Waals surface area contributed by atoms with Crippen molar-refractivity contribution in [2.24, 2.45) is 10.9 Å². The molecule has 36 heavy (non-hydrogen) atoms. The summed E-state index contributed by atoms with van der Waals surface area (Å²) in [4.78, 5) is 4.66. The molecule has 2 aliphatic rings. The number of nitrogens with zero attached hydrogens (tertiary/aromatic N) is 1. The summed E-state index contributed by atoms with van der Waals surface area (Å²) < 4.78 is 19.1. The van der Waals surface area contributed by atoms with Gasteiger partial charge < -0.3 is 10.1 Å². The molecular formula is C32H27FN2O. The van der Waals surface area contributed by atoms with E-state index in [1.54, 1.807) is 6.07 Å². The van der Waals surface area contributed by atoms with Gasteiger partial charge in [-0.3, -0.25) is 4.99 Å². The Balaban J connectivity index is 1.10. The van der Waals surface area contributed by atoms with E-state index in [2.05, 4.69) is 71.0 Å². The Labute approximate surface area is 211 Å². The average Bonchev–Trinajstić information content (AvgIpc) is 3.42. The Kier molecular flexibility index (Phi) is 6.08. The number of fused-ring (bicyclic) bond motifs is 3. The molecule has 0 unspecified atom stereocenters. The van der Waals surface area contributed by atoms with Crippen LogP contribution < -0.4 is 10.1 Å². The average molecular weight is 475 g/mol. The number of para-hydroxylation sites is 1. The maximum Gasteiger partial charge on any atom is 0.123 e. The van der Waals surface area contributed by atoms with Crippen LogP contribution in [0.2, 0.25) is 0 Å². The van der Waals surface area contributed by atoms with Gasteiger partial charge in [0.15, 0.2) is 0 Å². The SMILES string of the molecule is Fc1cccc(COc2ccc(C=Nc3ccc([C@@H]4Nc5ccccc5[C@@H]5C=CC[C@H]54)cc3)cc2)c1. The van der Waals surface area contributed by atoms with Crippen molar-refractivity contribution in [1.82, 2.24) is 0 Å². The summed E-state index contributed by atoms with van der Waals surface area (Å²) in [7, 11) is 0. The second-order valence-corrected chi connectivity index (χ2v) is 9.40. The molecule has 0 aromatic heterocycles. The van der Waals surface area contributed by atoms with Gasteiger partial charge in [-0.1, -0.05) is 54.6 Å². The van der Waals surface area contributed by atoms with E-state index >= 15 is 0 Å². The number of halogens is 1. The van der Waals surface area contributed by atoms with Crippen LogP contribution in [0.1, 0.15) is 40.6 Å². The van der Waals surface area contributed by atoms with Gasteiger partial charge in [0.2, 0.25) is 0 Å². The van der Waals surface area contributed by atoms with Crippen molar-refractivity contribution in [3.05, 3.63) is 137 Å². The van der Waals surface area contributed by atoms with E-state index in [9.17, 15) is 4.39 Å². The molecule has 1 aliphatic carbocycles. The lowest BCUT2D eigenvalue weighted by Gasteiger charge is -2.37. The van der Waals surface area contributed by atoms with Crippen LogP contribution in [-0.4, -0.2) is 6.21 Å². The lowest BCUT2D eigenvalue weighted by atomic mass is 9.77. The maximum absolute atomic E-state index is 13.3. The molecule has 0 fully saturated rings. The molecule has 4 aromatic carbocycles. The van der Waals surface area contributed by atoms with E-state index in [0.717, 1.165) is 29.0 Å². The van der Waals surface area contributed by atoms with Crippen LogP contribution in [0.4, 0.5) is 15.8 Å². The van der Waals surface area contributed by atoms with Crippen molar-refractivity contribution in [3.63, 3.8) is 0 Å². The first-order valence-electron chi connectivity index (χ1n) is 12.4. The molecule has 0 bridgehead atoms. The molecule has 1 aliphatic heterocycles. The fraction of sp³-hybridized carbons (Fsp3) is 0.156. The highest BCUT2D eigenvalue weighted by molar-refractivity contribution is 5.82. The fourth-order valence-electron chi connectivity index (χ4n) is 5.23. The molecule has 0 amide bonds. The monoisotopic (exact) mass is 474 g/mol. The number of aliphatic imine (C=N–C) groups is 1. The Hall–Kier alpha value is -4.18. The zero-order chi connectivity index (χ0) is 24.3. The smallest absolute Gasteiger partial charge is 0.123 e. The van der Waals surface area contributed by atoms with E-state index < -0.39 is 0 Å². The zero-order valence-electron chi connectivity index (χ0n) is 19.8. The van der Waals surface area contributed by atoms with Crippen molar-refractivity contribution in [3.8, 4) is 5.75 Å². The third-order valence-corrected chi connectivity index (χ3v) is 7.06. The summed E-state index contributed by atoms with van der Waals surface area (Å²) in [6.45, 7) is 0.330. The van der Waals surface area contributed by atoms with Crippen LogP contribution in [0, 0.1) is 11.7 Å². The number of hydrogen-bond acceptors (Lipinski definition) is 3. The minimum absolute atomic E-state index is 0.254. The fourth-order valence-corrected chi connectivity index (χ4v) is 5.23. The Morgan fingerprint density at radius 1 is 0.917 bits per heavy atom. The van der Waals surface area contributed by atoms with Crippen LogP contribution in [0.15, 0.2) is 114 Å². The molecule has 0 spiro atoms. The van der Waals surface area contributed by atoms with Crippen molar-refractivity contribution in [2.75, 3.05) is 5.32 Å². The third-order valence-electron chi connectivity index (χ3n) is 7.06. The summed E-state index contributed by atoms with van der Waals surface area (Å²) in [5, 5.41) is 3.78. The van der Waals surface area contributed by atoms with Crippen LogP contribution in [-0.2, 0) is 6.61 Å². The van der Waals surface area contributed by atoms with Gasteiger partial charge in [-0.05, 0) is 89.2 Å². The zero-order valence-corrected chi connectivity index (χ0v) is 19.8. The first-order valence-corrected chi connectivity index (χ1v) is 12.4. The lowest BCUT2D eigenvalue weighted by Crippen LogP contribution is -2.28. The largest absolute Gasteiger partial charge is 0.489 e. The van der Waals surface area contributed by atoms with Crippen molar-refractivity contribution in [2.45, 2.75) is 25.0 Å². The Bertz CT molecular complexity index is 1410. The van der Waals surface area contributed by atoms with Gasteiger partial charge in [-0.2, -0.15) is 0 Å². The van der Waals surface area contributed by atoms with Crippen LogP contribution >= 0.6 is 0 Å². The van der Waals surface area contributed by atoms with E-state index in [0.29, 0.717) is 18.4 Å². The number of nitrogens with one attached hydrogen (secondary N) is 1. The quantitative estimate of drug-likeness (QED) is 0.227. The topological polar surface area (TPSA) is 33.6 Å². The molecule has 178 valence electrons. The van der Waals surface area contributed by atoms with Gasteiger partial charge in [-0.15, -0.1) is 0 Å². The standard InChI is InChI=1S/C32H27FN2O/c33-25-6-3-5-23(19-25)21-36-27-17-11-22(12-18-27)20-34-26-15-13-24(14-16-26)32-30-9-4-8-28(30)29-7-1-2-10-31(29)35-32/h1-8,10-20,28,30,32,35H,9,21H2/t28-,30+,32-/m0/s1. The van der Waals surface area contributed by atoms with Gasteiger partial charge in [0, 0.05) is 17.8 Å². The Morgan fingerprint density at radius 3 is 2.58 bits per heavy atom. The van der Waals surface area contributed by atoms with Crippen LogP contribution in [0.25, 0.3) is 0 Å². The minimum Gasteiger partial charge on any atom is -0.489 e. The predicted molar refractivity (Wildman–Crippen MR) is 144 cm³/mol. The van der Waals surface area contributed by atoms with Crippen molar-refractivity contribution >= 4 is 17.6 Å². The summed E-state index contributed by atoms with van der Waals surface area (Å²) >= 11 is 0. The number of benzene rings is 4. The van der Waals surface area contributed by atoms with Crippen molar-refractivity contribution in [1.29, 1.82) is 0 Å². The number of hydrogen-bond donors (Lipinski definition) is 1. The number of allylic oxidation sites excluding steroid dienone is 2. The highest BCUT2D eigenvalue weighted by atomic mass is 19.1. The lowest BCUT2D eigenvalue weighted by molar-refractivity contribution is 0.305. The molecule has 1 N–H and O–H groups in total. The van der Waals surface area contributed by atoms with Gasteiger partial charge in [-0.25, -0.2) is 4.39 Å². The normalized spacial score (nSPS) is 20.1.